The molecule has 8 heteroatoms. The van der Waals surface area contributed by atoms with Crippen molar-refractivity contribution in [3.05, 3.63) is 64.1 Å². The average molecular weight is 379 g/mol. The molecule has 0 bridgehead atoms. The highest BCUT2D eigenvalue weighted by Crippen LogP contribution is 2.17. The van der Waals surface area contributed by atoms with Crippen LogP contribution in [0.2, 0.25) is 10.0 Å². The third kappa shape index (κ3) is 5.24. The molecule has 0 aliphatic carbocycles. The SMILES string of the molecule is O[C@@H](COCc1ccc(Cl)cc1)Cn1nnc(-c2ccc(Cl)cc2)n1. The fraction of sp³-hybridized carbons (Fsp3) is 0.235. The second-order valence-corrected chi connectivity index (χ2v) is 6.34. The minimum absolute atomic E-state index is 0.167. The number of rotatable bonds is 7. The molecule has 0 radical (unpaired) electrons. The molecule has 1 atom stereocenters. The van der Waals surface area contributed by atoms with E-state index in [2.05, 4.69) is 15.4 Å². The highest BCUT2D eigenvalue weighted by molar-refractivity contribution is 6.30. The molecular weight excluding hydrogens is 363 g/mol. The highest BCUT2D eigenvalue weighted by atomic mass is 35.5. The zero-order valence-electron chi connectivity index (χ0n) is 13.2. The van der Waals surface area contributed by atoms with E-state index in [4.69, 9.17) is 27.9 Å². The maximum Gasteiger partial charge on any atom is 0.204 e. The predicted molar refractivity (Wildman–Crippen MR) is 95.4 cm³/mol. The van der Waals surface area contributed by atoms with Gasteiger partial charge in [-0.05, 0) is 47.2 Å². The van der Waals surface area contributed by atoms with Crippen LogP contribution in [0.5, 0.6) is 0 Å². The molecule has 0 unspecified atom stereocenters. The minimum atomic E-state index is -0.737. The number of hydrogen-bond acceptors (Lipinski definition) is 5. The molecule has 3 aromatic rings. The number of aromatic nitrogens is 4. The van der Waals surface area contributed by atoms with E-state index in [0.717, 1.165) is 11.1 Å². The molecule has 3 rings (SSSR count). The Balaban J connectivity index is 1.48. The molecule has 1 heterocycles. The van der Waals surface area contributed by atoms with Crippen molar-refractivity contribution in [2.75, 3.05) is 6.61 Å². The lowest BCUT2D eigenvalue weighted by atomic mass is 10.2. The second kappa shape index (κ2) is 8.40. The number of ether oxygens (including phenoxy) is 1. The van der Waals surface area contributed by atoms with Crippen molar-refractivity contribution in [2.45, 2.75) is 19.3 Å². The van der Waals surface area contributed by atoms with Crippen molar-refractivity contribution in [1.29, 1.82) is 0 Å². The monoisotopic (exact) mass is 378 g/mol. The van der Waals surface area contributed by atoms with Crippen molar-refractivity contribution in [3.8, 4) is 11.4 Å². The van der Waals surface area contributed by atoms with Gasteiger partial charge in [-0.3, -0.25) is 0 Å². The number of tetrazole rings is 1. The normalized spacial score (nSPS) is 12.3. The van der Waals surface area contributed by atoms with E-state index in [1.807, 2.05) is 24.3 Å². The summed E-state index contributed by atoms with van der Waals surface area (Å²) in [7, 11) is 0. The van der Waals surface area contributed by atoms with Crippen molar-refractivity contribution < 1.29 is 9.84 Å². The first-order chi connectivity index (χ1) is 12.1. The Morgan fingerprint density at radius 1 is 1.00 bits per heavy atom. The summed E-state index contributed by atoms with van der Waals surface area (Å²) in [4.78, 5) is 1.35. The third-order valence-electron chi connectivity index (χ3n) is 3.42. The number of nitrogens with zero attached hydrogens (tertiary/aromatic N) is 4. The molecule has 0 amide bonds. The van der Waals surface area contributed by atoms with Gasteiger partial charge in [0.05, 0.1) is 25.9 Å². The van der Waals surface area contributed by atoms with Gasteiger partial charge < -0.3 is 9.84 Å². The molecule has 6 nitrogen and oxygen atoms in total. The van der Waals surface area contributed by atoms with Crippen LogP contribution in [0.3, 0.4) is 0 Å². The van der Waals surface area contributed by atoms with Gasteiger partial charge in [0, 0.05) is 15.6 Å². The van der Waals surface area contributed by atoms with Crippen molar-refractivity contribution in [3.63, 3.8) is 0 Å². The number of halogens is 2. The van der Waals surface area contributed by atoms with Crippen LogP contribution in [0.15, 0.2) is 48.5 Å². The van der Waals surface area contributed by atoms with Crippen molar-refractivity contribution in [2.24, 2.45) is 0 Å². The summed E-state index contributed by atoms with van der Waals surface area (Å²) in [6.07, 6.45) is -0.737. The maximum absolute atomic E-state index is 10.0. The second-order valence-electron chi connectivity index (χ2n) is 5.47. The fourth-order valence-corrected chi connectivity index (χ4v) is 2.42. The van der Waals surface area contributed by atoms with Crippen LogP contribution in [-0.2, 0) is 17.9 Å². The number of hydrogen-bond donors (Lipinski definition) is 1. The topological polar surface area (TPSA) is 73.1 Å². The standard InChI is InChI=1S/C17H16Cl2N4O2/c18-14-5-1-12(2-6-14)10-25-11-16(24)9-23-21-17(20-22-23)13-3-7-15(19)8-4-13/h1-8,16,24H,9-11H2/t16-/m1/s1. The predicted octanol–water partition coefficient (Wildman–Crippen LogP) is 3.22. The lowest BCUT2D eigenvalue weighted by Gasteiger charge is -2.10. The average Bonchev–Trinajstić information content (AvgIpc) is 3.06. The minimum Gasteiger partial charge on any atom is -0.389 e. The molecular formula is C17H16Cl2N4O2. The van der Waals surface area contributed by atoms with Crippen LogP contribution in [0.25, 0.3) is 11.4 Å². The maximum atomic E-state index is 10.0. The summed E-state index contributed by atoms with van der Waals surface area (Å²) in [6.45, 7) is 0.761. The van der Waals surface area contributed by atoms with Crippen LogP contribution in [-0.4, -0.2) is 38.0 Å². The molecule has 0 saturated heterocycles. The number of benzene rings is 2. The molecule has 0 saturated carbocycles. The van der Waals surface area contributed by atoms with Gasteiger partial charge in [-0.1, -0.05) is 35.3 Å². The lowest BCUT2D eigenvalue weighted by Crippen LogP contribution is -2.23. The Labute approximate surface area is 155 Å². The summed E-state index contributed by atoms with van der Waals surface area (Å²) in [5, 5.41) is 23.5. The third-order valence-corrected chi connectivity index (χ3v) is 3.93. The van der Waals surface area contributed by atoms with Gasteiger partial charge in [0.15, 0.2) is 0 Å². The Bertz CT molecular complexity index is 806. The van der Waals surface area contributed by atoms with Gasteiger partial charge in [0.1, 0.15) is 0 Å². The largest absolute Gasteiger partial charge is 0.389 e. The molecule has 0 spiro atoms. The van der Waals surface area contributed by atoms with Crippen LogP contribution in [0.1, 0.15) is 5.56 Å². The van der Waals surface area contributed by atoms with Crippen molar-refractivity contribution >= 4 is 23.2 Å². The molecule has 2 aromatic carbocycles. The van der Waals surface area contributed by atoms with Crippen molar-refractivity contribution in [1.82, 2.24) is 20.2 Å². The van der Waals surface area contributed by atoms with E-state index in [1.165, 1.54) is 4.80 Å². The smallest absolute Gasteiger partial charge is 0.204 e. The summed E-state index contributed by atoms with van der Waals surface area (Å²) in [6, 6.07) is 14.5. The lowest BCUT2D eigenvalue weighted by molar-refractivity contribution is 0.0165. The van der Waals surface area contributed by atoms with Crippen LogP contribution in [0.4, 0.5) is 0 Å². The first-order valence-electron chi connectivity index (χ1n) is 7.64. The number of aliphatic hydroxyl groups is 1. The van der Waals surface area contributed by atoms with Gasteiger partial charge in [-0.25, -0.2) is 0 Å². The molecule has 1 aromatic heterocycles. The first-order valence-corrected chi connectivity index (χ1v) is 8.40. The van der Waals surface area contributed by atoms with E-state index in [1.54, 1.807) is 24.3 Å². The van der Waals surface area contributed by atoms with E-state index >= 15 is 0 Å². The summed E-state index contributed by atoms with van der Waals surface area (Å²) >= 11 is 11.7. The Kier molecular flexibility index (Phi) is 5.99. The molecule has 0 aliphatic heterocycles. The first kappa shape index (κ1) is 17.8. The van der Waals surface area contributed by atoms with Gasteiger partial charge in [-0.15, -0.1) is 10.2 Å². The molecule has 0 aliphatic rings. The highest BCUT2D eigenvalue weighted by Gasteiger charge is 2.10. The molecule has 1 N–H and O–H groups in total. The quantitative estimate of drug-likeness (QED) is 0.683. The summed E-state index contributed by atoms with van der Waals surface area (Å²) in [5.74, 6) is 0.478. The Morgan fingerprint density at radius 2 is 1.64 bits per heavy atom. The summed E-state index contributed by atoms with van der Waals surface area (Å²) in [5.41, 5.74) is 1.80. The summed E-state index contributed by atoms with van der Waals surface area (Å²) < 4.78 is 5.50. The van der Waals surface area contributed by atoms with E-state index in [-0.39, 0.29) is 13.2 Å². The Hall–Kier alpha value is -1.99. The van der Waals surface area contributed by atoms with E-state index in [9.17, 15) is 5.11 Å². The fourth-order valence-electron chi connectivity index (χ4n) is 2.17. The van der Waals surface area contributed by atoms with Gasteiger partial charge in [0.2, 0.25) is 5.82 Å². The van der Waals surface area contributed by atoms with Gasteiger partial charge in [-0.2, -0.15) is 4.80 Å². The van der Waals surface area contributed by atoms with Crippen LogP contribution < -0.4 is 0 Å². The molecule has 130 valence electrons. The van der Waals surface area contributed by atoms with E-state index in [0.29, 0.717) is 22.5 Å². The van der Waals surface area contributed by atoms with Gasteiger partial charge >= 0.3 is 0 Å². The molecule has 0 fully saturated rings. The molecule has 25 heavy (non-hydrogen) atoms. The zero-order chi connectivity index (χ0) is 17.6. The zero-order valence-corrected chi connectivity index (χ0v) is 14.7. The Morgan fingerprint density at radius 3 is 2.32 bits per heavy atom. The number of aliphatic hydroxyl groups excluding tert-OH is 1. The van der Waals surface area contributed by atoms with Crippen LogP contribution in [0, 0.1) is 0 Å². The van der Waals surface area contributed by atoms with Crippen LogP contribution >= 0.6 is 23.2 Å². The van der Waals surface area contributed by atoms with Gasteiger partial charge in [0.25, 0.3) is 0 Å². The van der Waals surface area contributed by atoms with E-state index < -0.39 is 6.10 Å².